The number of alkyl halides is 3. The molecule has 1 saturated heterocycles. The summed E-state index contributed by atoms with van der Waals surface area (Å²) < 4.78 is 51.4. The SMILES string of the molecule is N#Cc1ccc([C@H]2OB(O)C3=C(C(F)(F)F)C=CCC32)cc1OCc1cccnc1. The molecule has 1 aliphatic heterocycles. The highest BCUT2D eigenvalue weighted by Gasteiger charge is 2.50. The zero-order valence-electron chi connectivity index (χ0n) is 15.6. The zero-order valence-corrected chi connectivity index (χ0v) is 15.6. The predicted molar refractivity (Wildman–Crippen MR) is 102 cm³/mol. The molecule has 2 heterocycles. The molecule has 5 nitrogen and oxygen atoms in total. The van der Waals surface area contributed by atoms with Gasteiger partial charge in [0.15, 0.2) is 0 Å². The van der Waals surface area contributed by atoms with Crippen LogP contribution in [0.25, 0.3) is 0 Å². The van der Waals surface area contributed by atoms with Gasteiger partial charge in [0, 0.05) is 23.9 Å². The lowest BCUT2D eigenvalue weighted by atomic mass is 9.67. The van der Waals surface area contributed by atoms with Crippen molar-refractivity contribution in [2.24, 2.45) is 5.92 Å². The van der Waals surface area contributed by atoms with Gasteiger partial charge in [-0.3, -0.25) is 4.98 Å². The Bertz CT molecular complexity index is 1050. The van der Waals surface area contributed by atoms with E-state index in [4.69, 9.17) is 9.39 Å². The molecule has 1 aromatic carbocycles. The Morgan fingerprint density at radius 3 is 2.87 bits per heavy atom. The first-order chi connectivity index (χ1) is 14.4. The Labute approximate surface area is 171 Å². The number of fused-ring (bicyclic) bond motifs is 1. The van der Waals surface area contributed by atoms with Gasteiger partial charge >= 0.3 is 13.3 Å². The van der Waals surface area contributed by atoms with Crippen LogP contribution in [0.15, 0.2) is 65.9 Å². The highest BCUT2D eigenvalue weighted by atomic mass is 19.4. The van der Waals surface area contributed by atoms with Crippen molar-refractivity contribution in [2.45, 2.75) is 25.3 Å². The van der Waals surface area contributed by atoms with Crippen molar-refractivity contribution in [3.63, 3.8) is 0 Å². The van der Waals surface area contributed by atoms with Crippen molar-refractivity contribution in [1.29, 1.82) is 5.26 Å². The number of nitriles is 1. The topological polar surface area (TPSA) is 75.4 Å². The molecule has 2 atom stereocenters. The third-order valence-corrected chi connectivity index (χ3v) is 5.17. The summed E-state index contributed by atoms with van der Waals surface area (Å²) in [5.74, 6) is -0.363. The third-order valence-electron chi connectivity index (χ3n) is 5.17. The number of pyridine rings is 1. The van der Waals surface area contributed by atoms with E-state index in [-0.39, 0.29) is 23.4 Å². The van der Waals surface area contributed by atoms with Gasteiger partial charge in [-0.2, -0.15) is 18.4 Å². The average molecular weight is 412 g/mol. The number of ether oxygens (including phenoxy) is 1. The summed E-state index contributed by atoms with van der Waals surface area (Å²) in [6.45, 7) is 0.176. The van der Waals surface area contributed by atoms with E-state index in [0.29, 0.717) is 12.0 Å². The van der Waals surface area contributed by atoms with Gasteiger partial charge in [-0.25, -0.2) is 0 Å². The average Bonchev–Trinajstić information content (AvgIpc) is 3.09. The minimum atomic E-state index is -4.58. The maximum atomic E-state index is 13.4. The summed E-state index contributed by atoms with van der Waals surface area (Å²) >= 11 is 0. The van der Waals surface area contributed by atoms with Gasteiger partial charge in [0.1, 0.15) is 18.4 Å². The highest BCUT2D eigenvalue weighted by molar-refractivity contribution is 6.53. The van der Waals surface area contributed by atoms with Crippen LogP contribution >= 0.6 is 0 Å². The van der Waals surface area contributed by atoms with Crippen LogP contribution in [0.4, 0.5) is 13.2 Å². The maximum absolute atomic E-state index is 13.4. The Balaban J connectivity index is 1.64. The van der Waals surface area contributed by atoms with Gasteiger partial charge in [-0.1, -0.05) is 24.3 Å². The van der Waals surface area contributed by atoms with Crippen molar-refractivity contribution in [2.75, 3.05) is 0 Å². The molecule has 152 valence electrons. The van der Waals surface area contributed by atoms with Gasteiger partial charge in [0.25, 0.3) is 0 Å². The molecule has 0 amide bonds. The van der Waals surface area contributed by atoms with Crippen LogP contribution in [-0.2, 0) is 11.3 Å². The van der Waals surface area contributed by atoms with E-state index in [1.165, 1.54) is 12.1 Å². The van der Waals surface area contributed by atoms with Gasteiger partial charge in [0.2, 0.25) is 0 Å². The molecular weight excluding hydrogens is 396 g/mol. The lowest BCUT2D eigenvalue weighted by Crippen LogP contribution is -2.24. The second-order valence-corrected chi connectivity index (χ2v) is 7.04. The van der Waals surface area contributed by atoms with E-state index in [9.17, 15) is 23.5 Å². The number of aromatic nitrogens is 1. The molecule has 0 saturated carbocycles. The first-order valence-electron chi connectivity index (χ1n) is 9.25. The van der Waals surface area contributed by atoms with Crippen LogP contribution in [0.3, 0.4) is 0 Å². The molecule has 0 spiro atoms. The highest BCUT2D eigenvalue weighted by Crippen LogP contribution is 2.48. The van der Waals surface area contributed by atoms with Gasteiger partial charge in [0.05, 0.1) is 17.2 Å². The molecule has 2 aliphatic rings. The van der Waals surface area contributed by atoms with Crippen molar-refractivity contribution < 1.29 is 27.6 Å². The molecular formula is C21H16BF3N2O3. The van der Waals surface area contributed by atoms with Gasteiger partial charge in [-0.05, 0) is 35.7 Å². The van der Waals surface area contributed by atoms with Gasteiger partial charge in [-0.15, -0.1) is 0 Å². The molecule has 1 fully saturated rings. The summed E-state index contributed by atoms with van der Waals surface area (Å²) in [5, 5.41) is 19.6. The van der Waals surface area contributed by atoms with E-state index in [1.54, 1.807) is 30.6 Å². The van der Waals surface area contributed by atoms with E-state index >= 15 is 0 Å². The number of allylic oxidation sites excluding steroid dienone is 3. The number of benzene rings is 1. The molecule has 1 unspecified atom stereocenters. The molecule has 4 rings (SSSR count). The maximum Gasteiger partial charge on any atom is 0.488 e. The fraction of sp³-hybridized carbons (Fsp3) is 0.238. The number of hydrogen-bond acceptors (Lipinski definition) is 5. The van der Waals surface area contributed by atoms with Crippen molar-refractivity contribution in [1.82, 2.24) is 4.98 Å². The van der Waals surface area contributed by atoms with Crippen molar-refractivity contribution in [3.05, 3.63) is 82.6 Å². The molecule has 9 heteroatoms. The second kappa shape index (κ2) is 7.97. The van der Waals surface area contributed by atoms with Crippen LogP contribution in [-0.4, -0.2) is 23.3 Å². The van der Waals surface area contributed by atoms with Crippen molar-refractivity contribution in [3.8, 4) is 11.8 Å². The molecule has 0 bridgehead atoms. The Kier molecular flexibility index (Phi) is 5.37. The quantitative estimate of drug-likeness (QED) is 0.767. The minimum Gasteiger partial charge on any atom is -0.487 e. The summed E-state index contributed by atoms with van der Waals surface area (Å²) in [6.07, 6.45) is 0.639. The predicted octanol–water partition coefficient (Wildman–Crippen LogP) is 4.06. The van der Waals surface area contributed by atoms with Crippen LogP contribution in [0, 0.1) is 17.2 Å². The fourth-order valence-corrected chi connectivity index (χ4v) is 3.81. The monoisotopic (exact) mass is 412 g/mol. The van der Waals surface area contributed by atoms with E-state index in [1.807, 2.05) is 12.1 Å². The van der Waals surface area contributed by atoms with Crippen molar-refractivity contribution >= 4 is 7.12 Å². The number of rotatable bonds is 4. The lowest BCUT2D eigenvalue weighted by molar-refractivity contribution is -0.0893. The minimum absolute atomic E-state index is 0.155. The number of nitrogens with zero attached hydrogens (tertiary/aromatic N) is 2. The third kappa shape index (κ3) is 3.84. The molecule has 1 N–H and O–H groups in total. The molecule has 1 aromatic heterocycles. The molecule has 30 heavy (non-hydrogen) atoms. The Hall–Kier alpha value is -3.09. The molecule has 0 radical (unpaired) electrons. The number of halogens is 3. The Morgan fingerprint density at radius 2 is 2.17 bits per heavy atom. The van der Waals surface area contributed by atoms with Crippen LogP contribution in [0.5, 0.6) is 5.75 Å². The van der Waals surface area contributed by atoms with E-state index in [0.717, 1.165) is 11.6 Å². The largest absolute Gasteiger partial charge is 0.488 e. The summed E-state index contributed by atoms with van der Waals surface area (Å²) in [4.78, 5) is 4.00. The normalized spacial score (nSPS) is 20.8. The standard InChI is InChI=1S/C21H16BF3N2O3/c23-21(24,25)17-5-1-4-16-19(17)22(28)30-20(16)14-6-7-15(10-26)18(9-14)29-12-13-3-2-8-27-11-13/h1-3,5-9,11,16,20,28H,4,12H2/t16?,20-/m1/s1. The smallest absolute Gasteiger partial charge is 0.487 e. The van der Waals surface area contributed by atoms with Crippen LogP contribution in [0.1, 0.15) is 29.2 Å². The Morgan fingerprint density at radius 1 is 1.33 bits per heavy atom. The summed E-state index contributed by atoms with van der Waals surface area (Å²) in [5.41, 5.74) is 0.604. The lowest BCUT2D eigenvalue weighted by Gasteiger charge is -2.24. The van der Waals surface area contributed by atoms with E-state index in [2.05, 4.69) is 4.98 Å². The zero-order chi connectivity index (χ0) is 21.3. The number of hydrogen-bond donors (Lipinski definition) is 1. The first-order valence-corrected chi connectivity index (χ1v) is 9.25. The van der Waals surface area contributed by atoms with Crippen LogP contribution < -0.4 is 4.74 Å². The fourth-order valence-electron chi connectivity index (χ4n) is 3.81. The second-order valence-electron chi connectivity index (χ2n) is 7.04. The van der Waals surface area contributed by atoms with Crippen LogP contribution in [0.2, 0.25) is 0 Å². The first kappa shape index (κ1) is 20.2. The summed E-state index contributed by atoms with van der Waals surface area (Å²) in [7, 11) is -1.64. The molecule has 1 aliphatic carbocycles. The van der Waals surface area contributed by atoms with Gasteiger partial charge < -0.3 is 14.4 Å². The van der Waals surface area contributed by atoms with E-state index < -0.39 is 30.9 Å². The summed E-state index contributed by atoms with van der Waals surface area (Å²) in [6, 6.07) is 10.4. The molecule has 2 aromatic rings.